The van der Waals surface area contributed by atoms with E-state index in [0.29, 0.717) is 11.8 Å². The second kappa shape index (κ2) is 5.67. The lowest BCUT2D eigenvalue weighted by atomic mass is 9.87. The molecule has 0 aromatic heterocycles. The smallest absolute Gasteiger partial charge is 0.0185 e. The Labute approximate surface area is 104 Å². The summed E-state index contributed by atoms with van der Waals surface area (Å²) in [6.07, 6.45) is 1.20. The van der Waals surface area contributed by atoms with Crippen molar-refractivity contribution < 1.29 is 0 Å². The van der Waals surface area contributed by atoms with Gasteiger partial charge in [-0.25, -0.2) is 0 Å². The highest BCUT2D eigenvalue weighted by Gasteiger charge is 2.11. The van der Waals surface area contributed by atoms with E-state index in [1.165, 1.54) is 17.5 Å². The molecule has 2 atom stereocenters. The average molecular weight is 224 g/mol. The zero-order valence-electron chi connectivity index (χ0n) is 10.6. The lowest BCUT2D eigenvalue weighted by Crippen LogP contribution is -2.00. The molecule has 0 saturated carbocycles. The van der Waals surface area contributed by atoms with E-state index in [9.17, 15) is 0 Å². The molecule has 17 heavy (non-hydrogen) atoms. The first-order valence-electron chi connectivity index (χ1n) is 6.37. The molecule has 2 rings (SSSR count). The van der Waals surface area contributed by atoms with Crippen molar-refractivity contribution in [2.24, 2.45) is 0 Å². The van der Waals surface area contributed by atoms with E-state index in [1.54, 1.807) is 0 Å². The lowest BCUT2D eigenvalue weighted by molar-refractivity contribution is 0.593. The highest BCUT2D eigenvalue weighted by Crippen LogP contribution is 2.28. The second-order valence-corrected chi connectivity index (χ2v) is 4.86. The molecule has 0 fully saturated rings. The van der Waals surface area contributed by atoms with Crippen molar-refractivity contribution in [2.45, 2.75) is 32.1 Å². The van der Waals surface area contributed by atoms with Gasteiger partial charge in [0.2, 0.25) is 0 Å². The maximum Gasteiger partial charge on any atom is -0.0185 e. The summed E-state index contributed by atoms with van der Waals surface area (Å²) >= 11 is 0. The van der Waals surface area contributed by atoms with Gasteiger partial charge < -0.3 is 0 Å². The molecule has 0 nitrogen and oxygen atoms in total. The Balaban J connectivity index is 2.02. The van der Waals surface area contributed by atoms with Crippen molar-refractivity contribution in [3.63, 3.8) is 0 Å². The first-order valence-corrected chi connectivity index (χ1v) is 6.37. The summed E-state index contributed by atoms with van der Waals surface area (Å²) < 4.78 is 0. The van der Waals surface area contributed by atoms with Gasteiger partial charge >= 0.3 is 0 Å². The van der Waals surface area contributed by atoms with Gasteiger partial charge in [0.15, 0.2) is 0 Å². The maximum atomic E-state index is 2.31. The minimum atomic E-state index is 0.617. The SMILES string of the molecule is C[C@H](C[C@@H](C)c1ccccc1)c1ccccc1. The van der Waals surface area contributed by atoms with Crippen molar-refractivity contribution in [1.29, 1.82) is 0 Å². The normalized spacial score (nSPS) is 14.2. The lowest BCUT2D eigenvalue weighted by Gasteiger charge is -2.18. The van der Waals surface area contributed by atoms with E-state index in [0.717, 1.165) is 0 Å². The monoisotopic (exact) mass is 224 g/mol. The van der Waals surface area contributed by atoms with Gasteiger partial charge in [-0.2, -0.15) is 0 Å². The molecule has 2 aromatic carbocycles. The first kappa shape index (κ1) is 11.9. The van der Waals surface area contributed by atoms with Gasteiger partial charge in [-0.05, 0) is 29.4 Å². The molecule has 0 spiro atoms. The summed E-state index contributed by atoms with van der Waals surface area (Å²) in [5, 5.41) is 0. The third-order valence-corrected chi connectivity index (χ3v) is 3.44. The van der Waals surface area contributed by atoms with Gasteiger partial charge in [-0.3, -0.25) is 0 Å². The van der Waals surface area contributed by atoms with Gasteiger partial charge in [0.25, 0.3) is 0 Å². The zero-order chi connectivity index (χ0) is 12.1. The van der Waals surface area contributed by atoms with Gasteiger partial charge in [-0.1, -0.05) is 74.5 Å². The van der Waals surface area contributed by atoms with E-state index in [2.05, 4.69) is 74.5 Å². The van der Waals surface area contributed by atoms with E-state index >= 15 is 0 Å². The van der Waals surface area contributed by atoms with Crippen molar-refractivity contribution in [3.05, 3.63) is 71.8 Å². The molecule has 88 valence electrons. The number of benzene rings is 2. The van der Waals surface area contributed by atoms with Gasteiger partial charge in [0.05, 0.1) is 0 Å². The maximum absolute atomic E-state index is 2.31. The van der Waals surface area contributed by atoms with Crippen LogP contribution in [0.15, 0.2) is 60.7 Å². The topological polar surface area (TPSA) is 0 Å². The van der Waals surface area contributed by atoms with E-state index in [1.807, 2.05) is 0 Å². The molecule has 0 N–H and O–H groups in total. The van der Waals surface area contributed by atoms with Crippen LogP contribution < -0.4 is 0 Å². The largest absolute Gasteiger partial charge is 0.0622 e. The predicted molar refractivity (Wildman–Crippen MR) is 74.3 cm³/mol. The number of rotatable bonds is 4. The highest BCUT2D eigenvalue weighted by molar-refractivity contribution is 5.22. The second-order valence-electron chi connectivity index (χ2n) is 4.86. The molecular weight excluding hydrogens is 204 g/mol. The molecule has 0 aliphatic rings. The van der Waals surface area contributed by atoms with Crippen molar-refractivity contribution in [1.82, 2.24) is 0 Å². The van der Waals surface area contributed by atoms with Crippen molar-refractivity contribution in [3.8, 4) is 0 Å². The standard InChI is InChI=1S/C17H20/c1-14(16-9-5-3-6-10-16)13-15(2)17-11-7-4-8-12-17/h3-12,14-15H,13H2,1-2H3/t14-,15-/m1/s1. The number of hydrogen-bond donors (Lipinski definition) is 0. The molecule has 0 unspecified atom stereocenters. The van der Waals surface area contributed by atoms with Crippen LogP contribution in [0.2, 0.25) is 0 Å². The van der Waals surface area contributed by atoms with Crippen LogP contribution in [-0.4, -0.2) is 0 Å². The quantitative estimate of drug-likeness (QED) is 0.686. The molecule has 0 amide bonds. The fraction of sp³-hybridized carbons (Fsp3) is 0.294. The van der Waals surface area contributed by atoms with E-state index < -0.39 is 0 Å². The average Bonchev–Trinajstić information content (AvgIpc) is 2.40. The van der Waals surface area contributed by atoms with Crippen LogP contribution in [0, 0.1) is 0 Å². The molecule has 0 saturated heterocycles. The first-order chi connectivity index (χ1) is 8.27. The van der Waals surface area contributed by atoms with Gasteiger partial charge in [0, 0.05) is 0 Å². The fourth-order valence-corrected chi connectivity index (χ4v) is 2.37. The van der Waals surface area contributed by atoms with Crippen molar-refractivity contribution >= 4 is 0 Å². The van der Waals surface area contributed by atoms with Crippen LogP contribution in [0.1, 0.15) is 43.2 Å². The Bertz CT molecular complexity index is 387. The summed E-state index contributed by atoms with van der Waals surface area (Å²) in [4.78, 5) is 0. The molecule has 0 aliphatic heterocycles. The molecule has 0 bridgehead atoms. The zero-order valence-corrected chi connectivity index (χ0v) is 10.6. The summed E-state index contributed by atoms with van der Waals surface area (Å²) in [6, 6.07) is 21.6. The Morgan fingerprint density at radius 2 is 1.00 bits per heavy atom. The molecular formula is C17H20. The molecule has 2 aromatic rings. The molecule has 0 heteroatoms. The Hall–Kier alpha value is -1.56. The van der Waals surface area contributed by atoms with Crippen LogP contribution in [0.4, 0.5) is 0 Å². The fourth-order valence-electron chi connectivity index (χ4n) is 2.37. The summed E-state index contributed by atoms with van der Waals surface area (Å²) in [6.45, 7) is 4.63. The molecule has 0 radical (unpaired) electrons. The van der Waals surface area contributed by atoms with Crippen molar-refractivity contribution in [2.75, 3.05) is 0 Å². The minimum absolute atomic E-state index is 0.617. The van der Waals surface area contributed by atoms with E-state index in [4.69, 9.17) is 0 Å². The number of hydrogen-bond acceptors (Lipinski definition) is 0. The van der Waals surface area contributed by atoms with Crippen LogP contribution in [0.25, 0.3) is 0 Å². The Morgan fingerprint density at radius 1 is 0.647 bits per heavy atom. The van der Waals surface area contributed by atoms with Crippen LogP contribution >= 0.6 is 0 Å². The third kappa shape index (κ3) is 3.20. The Morgan fingerprint density at radius 3 is 1.35 bits per heavy atom. The molecule has 0 heterocycles. The van der Waals surface area contributed by atoms with Crippen LogP contribution in [0.3, 0.4) is 0 Å². The van der Waals surface area contributed by atoms with E-state index in [-0.39, 0.29) is 0 Å². The Kier molecular flexibility index (Phi) is 3.98. The van der Waals surface area contributed by atoms with Crippen LogP contribution in [-0.2, 0) is 0 Å². The molecule has 0 aliphatic carbocycles. The van der Waals surface area contributed by atoms with Gasteiger partial charge in [0.1, 0.15) is 0 Å². The summed E-state index contributed by atoms with van der Waals surface area (Å²) in [5.74, 6) is 1.23. The predicted octanol–water partition coefficient (Wildman–Crippen LogP) is 4.98. The minimum Gasteiger partial charge on any atom is -0.0622 e. The summed E-state index contributed by atoms with van der Waals surface area (Å²) in [7, 11) is 0. The third-order valence-electron chi connectivity index (χ3n) is 3.44. The van der Waals surface area contributed by atoms with Gasteiger partial charge in [-0.15, -0.1) is 0 Å². The summed E-state index contributed by atoms with van der Waals surface area (Å²) in [5.41, 5.74) is 2.88. The van der Waals surface area contributed by atoms with Crippen LogP contribution in [0.5, 0.6) is 0 Å². The highest BCUT2D eigenvalue weighted by atomic mass is 14.2.